The van der Waals surface area contributed by atoms with E-state index in [1.807, 2.05) is 44.6 Å². The Morgan fingerprint density at radius 3 is 2.59 bits per heavy atom. The summed E-state index contributed by atoms with van der Waals surface area (Å²) in [5.41, 5.74) is 3.34. The lowest BCUT2D eigenvalue weighted by atomic mass is 9.82. The van der Waals surface area contributed by atoms with Gasteiger partial charge >= 0.3 is 0 Å². The van der Waals surface area contributed by atoms with Gasteiger partial charge in [0.15, 0.2) is 11.5 Å². The lowest BCUT2D eigenvalue weighted by Gasteiger charge is -2.39. The lowest BCUT2D eigenvalue weighted by Crippen LogP contribution is -2.41. The SMILES string of the molecule is C[C@H]1c2ccccc2[C@H](c2cnn(C)c2)CN1C(=O)c1cn(-c2ccc(F)cc2F)nn1. The van der Waals surface area contributed by atoms with Crippen molar-refractivity contribution in [3.63, 3.8) is 0 Å². The quantitative estimate of drug-likeness (QED) is 0.494. The van der Waals surface area contributed by atoms with Crippen LogP contribution >= 0.6 is 0 Å². The van der Waals surface area contributed by atoms with E-state index in [-0.39, 0.29) is 29.2 Å². The molecule has 4 aromatic rings. The van der Waals surface area contributed by atoms with Gasteiger partial charge in [-0.25, -0.2) is 13.5 Å². The molecule has 7 nitrogen and oxygen atoms in total. The molecule has 3 heterocycles. The highest BCUT2D eigenvalue weighted by Crippen LogP contribution is 2.39. The summed E-state index contributed by atoms with van der Waals surface area (Å²) >= 11 is 0. The number of fused-ring (bicyclic) bond motifs is 1. The number of benzene rings is 2. The van der Waals surface area contributed by atoms with Crippen LogP contribution in [0.5, 0.6) is 0 Å². The van der Waals surface area contributed by atoms with Crippen LogP contribution in [-0.4, -0.2) is 42.1 Å². The van der Waals surface area contributed by atoms with Gasteiger partial charge in [-0.1, -0.05) is 29.5 Å². The van der Waals surface area contributed by atoms with Gasteiger partial charge in [-0.15, -0.1) is 5.10 Å². The maximum absolute atomic E-state index is 14.1. The van der Waals surface area contributed by atoms with Crippen LogP contribution in [0.3, 0.4) is 0 Å². The first-order valence-electron chi connectivity index (χ1n) is 10.2. The molecule has 0 N–H and O–H groups in total. The van der Waals surface area contributed by atoms with Gasteiger partial charge in [-0.3, -0.25) is 9.48 Å². The fraction of sp³-hybridized carbons (Fsp3) is 0.217. The molecule has 0 fully saturated rings. The molecule has 2 aromatic heterocycles. The van der Waals surface area contributed by atoms with Crippen LogP contribution in [0.4, 0.5) is 8.78 Å². The number of hydrogen-bond donors (Lipinski definition) is 0. The summed E-state index contributed by atoms with van der Waals surface area (Å²) in [4.78, 5) is 15.2. The van der Waals surface area contributed by atoms with Gasteiger partial charge in [0.05, 0.1) is 18.4 Å². The molecule has 0 radical (unpaired) electrons. The van der Waals surface area contributed by atoms with Gasteiger partial charge in [0.2, 0.25) is 0 Å². The number of carbonyl (C=O) groups is 1. The van der Waals surface area contributed by atoms with Crippen LogP contribution in [-0.2, 0) is 7.05 Å². The topological polar surface area (TPSA) is 68.8 Å². The Morgan fingerprint density at radius 2 is 1.88 bits per heavy atom. The van der Waals surface area contributed by atoms with E-state index >= 15 is 0 Å². The van der Waals surface area contributed by atoms with E-state index in [0.717, 1.165) is 33.5 Å². The molecule has 2 aromatic carbocycles. The molecule has 32 heavy (non-hydrogen) atoms. The first kappa shape index (κ1) is 20.0. The molecule has 1 aliphatic rings. The zero-order valence-electron chi connectivity index (χ0n) is 17.5. The molecule has 0 saturated heterocycles. The summed E-state index contributed by atoms with van der Waals surface area (Å²) < 4.78 is 30.3. The number of nitrogens with zero attached hydrogens (tertiary/aromatic N) is 6. The van der Waals surface area contributed by atoms with Crippen molar-refractivity contribution < 1.29 is 13.6 Å². The zero-order chi connectivity index (χ0) is 22.4. The van der Waals surface area contributed by atoms with Crippen molar-refractivity contribution in [2.24, 2.45) is 7.05 Å². The molecule has 1 amide bonds. The third-order valence-electron chi connectivity index (χ3n) is 5.93. The largest absolute Gasteiger partial charge is 0.329 e. The number of carbonyl (C=O) groups excluding carboxylic acids is 1. The number of amides is 1. The maximum atomic E-state index is 14.1. The van der Waals surface area contributed by atoms with Gasteiger partial charge in [0, 0.05) is 31.8 Å². The Kier molecular flexibility index (Phi) is 4.80. The van der Waals surface area contributed by atoms with Crippen molar-refractivity contribution in [2.75, 3.05) is 6.54 Å². The molecule has 0 unspecified atom stereocenters. The highest BCUT2D eigenvalue weighted by Gasteiger charge is 2.35. The Balaban J connectivity index is 1.49. The fourth-order valence-electron chi connectivity index (χ4n) is 4.29. The molecule has 0 aliphatic carbocycles. The minimum atomic E-state index is -0.786. The van der Waals surface area contributed by atoms with Crippen LogP contribution in [0, 0.1) is 11.6 Å². The van der Waals surface area contributed by atoms with E-state index in [1.54, 1.807) is 9.58 Å². The van der Waals surface area contributed by atoms with E-state index in [2.05, 4.69) is 21.5 Å². The third kappa shape index (κ3) is 3.35. The molecule has 0 bridgehead atoms. The second-order valence-electron chi connectivity index (χ2n) is 7.91. The van der Waals surface area contributed by atoms with Crippen molar-refractivity contribution in [3.05, 3.63) is 95.1 Å². The second kappa shape index (κ2) is 7.67. The molecule has 9 heteroatoms. The van der Waals surface area contributed by atoms with Gasteiger partial charge < -0.3 is 4.90 Å². The normalized spacial score (nSPS) is 17.9. The fourth-order valence-corrected chi connectivity index (χ4v) is 4.29. The van der Waals surface area contributed by atoms with Gasteiger partial charge in [-0.2, -0.15) is 5.10 Å². The van der Waals surface area contributed by atoms with E-state index in [4.69, 9.17) is 0 Å². The minimum absolute atomic E-state index is 0.0169. The first-order valence-corrected chi connectivity index (χ1v) is 10.2. The Hall–Kier alpha value is -3.88. The van der Waals surface area contributed by atoms with Gasteiger partial charge in [0.1, 0.15) is 11.5 Å². The van der Waals surface area contributed by atoms with Gasteiger partial charge in [-0.05, 0) is 35.7 Å². The zero-order valence-corrected chi connectivity index (χ0v) is 17.5. The number of aromatic nitrogens is 5. The molecule has 2 atom stereocenters. The lowest BCUT2D eigenvalue weighted by molar-refractivity contribution is 0.0659. The monoisotopic (exact) mass is 434 g/mol. The summed E-state index contributed by atoms with van der Waals surface area (Å²) in [6, 6.07) is 11.0. The van der Waals surface area contributed by atoms with E-state index in [0.29, 0.717) is 6.54 Å². The van der Waals surface area contributed by atoms with Crippen molar-refractivity contribution in [3.8, 4) is 5.69 Å². The van der Waals surface area contributed by atoms with Gasteiger partial charge in [0.25, 0.3) is 5.91 Å². The first-order chi connectivity index (χ1) is 15.4. The van der Waals surface area contributed by atoms with Crippen molar-refractivity contribution in [1.82, 2.24) is 29.7 Å². The molecule has 162 valence electrons. The predicted molar refractivity (Wildman–Crippen MR) is 112 cm³/mol. The Morgan fingerprint density at radius 1 is 1.09 bits per heavy atom. The van der Waals surface area contributed by atoms with Crippen LogP contribution in [0.25, 0.3) is 5.69 Å². The second-order valence-corrected chi connectivity index (χ2v) is 7.91. The van der Waals surface area contributed by atoms with Crippen molar-refractivity contribution in [1.29, 1.82) is 0 Å². The third-order valence-corrected chi connectivity index (χ3v) is 5.93. The van der Waals surface area contributed by atoms with E-state index < -0.39 is 11.6 Å². The predicted octanol–water partition coefficient (Wildman–Crippen LogP) is 3.63. The number of aryl methyl sites for hydroxylation is 1. The summed E-state index contributed by atoms with van der Waals surface area (Å²) in [7, 11) is 1.86. The summed E-state index contributed by atoms with van der Waals surface area (Å²) in [5.74, 6) is -1.82. The average Bonchev–Trinajstić information content (AvgIpc) is 3.43. The summed E-state index contributed by atoms with van der Waals surface area (Å²) in [5, 5.41) is 12.1. The standard InChI is InChI=1S/C23H20F2N6O/c1-14-17-5-3-4-6-18(17)19(15-10-26-29(2)11-15)12-30(14)23(32)21-13-31(28-27-21)22-8-7-16(24)9-20(22)25/h3-11,13-14,19H,12H2,1-2H3/t14-,19-/m0/s1. The summed E-state index contributed by atoms with van der Waals surface area (Å²) in [6.45, 7) is 2.42. The van der Waals surface area contributed by atoms with Crippen LogP contribution in [0.15, 0.2) is 61.1 Å². The molecule has 1 aliphatic heterocycles. The number of rotatable bonds is 3. The van der Waals surface area contributed by atoms with E-state index in [9.17, 15) is 13.6 Å². The number of hydrogen-bond acceptors (Lipinski definition) is 4. The summed E-state index contributed by atoms with van der Waals surface area (Å²) in [6.07, 6.45) is 5.13. The van der Waals surface area contributed by atoms with Crippen LogP contribution in [0.2, 0.25) is 0 Å². The molecular formula is C23H20F2N6O. The average molecular weight is 434 g/mol. The molecular weight excluding hydrogens is 414 g/mol. The Bertz CT molecular complexity index is 1310. The maximum Gasteiger partial charge on any atom is 0.276 e. The molecule has 5 rings (SSSR count). The highest BCUT2D eigenvalue weighted by atomic mass is 19.1. The highest BCUT2D eigenvalue weighted by molar-refractivity contribution is 5.92. The van der Waals surface area contributed by atoms with E-state index in [1.165, 1.54) is 12.3 Å². The van der Waals surface area contributed by atoms with Crippen LogP contribution < -0.4 is 0 Å². The van der Waals surface area contributed by atoms with Crippen molar-refractivity contribution >= 4 is 5.91 Å². The van der Waals surface area contributed by atoms with Crippen molar-refractivity contribution in [2.45, 2.75) is 18.9 Å². The smallest absolute Gasteiger partial charge is 0.276 e. The molecule has 0 spiro atoms. The van der Waals surface area contributed by atoms with Crippen LogP contribution in [0.1, 0.15) is 46.1 Å². The molecule has 0 saturated carbocycles. The Labute approximate surface area is 182 Å². The minimum Gasteiger partial charge on any atom is -0.329 e. The number of halogens is 2.